The van der Waals surface area contributed by atoms with Crippen LogP contribution in [0.5, 0.6) is 5.75 Å². The van der Waals surface area contributed by atoms with E-state index in [1.165, 1.54) is 12.1 Å². The van der Waals surface area contributed by atoms with Crippen LogP contribution in [0.4, 0.5) is 0 Å². The van der Waals surface area contributed by atoms with E-state index in [1.807, 2.05) is 13.0 Å². The minimum absolute atomic E-state index is 0.0665. The Bertz CT molecular complexity index is 721. The maximum atomic E-state index is 12.2. The van der Waals surface area contributed by atoms with Crippen LogP contribution in [0, 0.1) is 6.92 Å². The largest absolute Gasteiger partial charge is 0.508 e. The molecule has 0 aliphatic carbocycles. The Morgan fingerprint density at radius 3 is 2.41 bits per heavy atom. The average Bonchev–Trinajstić information content (AvgIpc) is 2.32. The third-order valence-electron chi connectivity index (χ3n) is 2.81. The molecule has 0 radical (unpaired) electrons. The number of phenolic OH excluding ortho intramolecular Hbond substituents is 1. The molecule has 17 heavy (non-hydrogen) atoms. The average molecular weight is 226 g/mol. The van der Waals surface area contributed by atoms with Crippen LogP contribution in [0.25, 0.3) is 21.9 Å². The highest BCUT2D eigenvalue weighted by molar-refractivity contribution is 5.90. The third-order valence-corrected chi connectivity index (χ3v) is 2.81. The Hall–Kier alpha value is -2.29. The van der Waals surface area contributed by atoms with E-state index in [9.17, 15) is 9.90 Å². The van der Waals surface area contributed by atoms with Crippen molar-refractivity contribution < 1.29 is 9.52 Å². The van der Waals surface area contributed by atoms with Gasteiger partial charge in [0.15, 0.2) is 0 Å². The molecule has 0 saturated carbocycles. The van der Waals surface area contributed by atoms with E-state index in [2.05, 4.69) is 0 Å². The molecule has 0 saturated heterocycles. The molecular weight excluding hydrogens is 216 g/mol. The lowest BCUT2D eigenvalue weighted by atomic mass is 10.1. The smallest absolute Gasteiger partial charge is 0.200 e. The molecule has 0 aliphatic heterocycles. The molecule has 3 aromatic rings. The van der Waals surface area contributed by atoms with E-state index in [0.717, 1.165) is 5.56 Å². The number of aromatic hydroxyl groups is 1. The molecule has 1 heterocycles. The second-order valence-corrected chi connectivity index (χ2v) is 4.11. The summed E-state index contributed by atoms with van der Waals surface area (Å²) in [6.07, 6.45) is 0. The monoisotopic (exact) mass is 226 g/mol. The standard InChI is InChI=1S/C14H10O3/c1-8-2-4-12-10(6-8)14(16)11-7-9(15)3-5-13(11)17-12/h2-7,15H,1H3. The van der Waals surface area contributed by atoms with Gasteiger partial charge in [-0.05, 0) is 37.3 Å². The molecule has 0 amide bonds. The zero-order valence-electron chi connectivity index (χ0n) is 9.23. The second-order valence-electron chi connectivity index (χ2n) is 4.11. The highest BCUT2D eigenvalue weighted by Crippen LogP contribution is 2.22. The number of hydrogen-bond acceptors (Lipinski definition) is 3. The van der Waals surface area contributed by atoms with Crippen LogP contribution in [0.1, 0.15) is 5.56 Å². The summed E-state index contributed by atoms with van der Waals surface area (Å²) in [4.78, 5) is 12.2. The van der Waals surface area contributed by atoms with E-state index in [4.69, 9.17) is 4.42 Å². The maximum absolute atomic E-state index is 12.2. The zero-order valence-corrected chi connectivity index (χ0v) is 9.23. The summed E-state index contributed by atoms with van der Waals surface area (Å²) in [6.45, 7) is 1.92. The van der Waals surface area contributed by atoms with Gasteiger partial charge in [-0.3, -0.25) is 4.79 Å². The lowest BCUT2D eigenvalue weighted by molar-refractivity contribution is 0.475. The Morgan fingerprint density at radius 1 is 1.00 bits per heavy atom. The summed E-state index contributed by atoms with van der Waals surface area (Å²) in [5, 5.41) is 10.4. The van der Waals surface area contributed by atoms with Crippen LogP contribution < -0.4 is 5.43 Å². The number of fused-ring (bicyclic) bond motifs is 2. The van der Waals surface area contributed by atoms with Gasteiger partial charge in [0.1, 0.15) is 16.9 Å². The van der Waals surface area contributed by atoms with E-state index >= 15 is 0 Å². The number of benzene rings is 2. The van der Waals surface area contributed by atoms with Crippen LogP contribution >= 0.6 is 0 Å². The van der Waals surface area contributed by atoms with Gasteiger partial charge in [-0.25, -0.2) is 0 Å². The maximum Gasteiger partial charge on any atom is 0.200 e. The molecular formula is C14H10O3. The predicted molar refractivity (Wildman–Crippen MR) is 66.4 cm³/mol. The molecule has 3 nitrogen and oxygen atoms in total. The van der Waals surface area contributed by atoms with Gasteiger partial charge in [0.05, 0.1) is 10.8 Å². The van der Waals surface area contributed by atoms with Gasteiger partial charge < -0.3 is 9.52 Å². The van der Waals surface area contributed by atoms with Crippen LogP contribution in [-0.4, -0.2) is 5.11 Å². The fourth-order valence-electron chi connectivity index (χ4n) is 1.96. The Morgan fingerprint density at radius 2 is 1.65 bits per heavy atom. The first-order valence-corrected chi connectivity index (χ1v) is 5.31. The summed E-state index contributed by atoms with van der Waals surface area (Å²) in [6, 6.07) is 10.0. The fourth-order valence-corrected chi connectivity index (χ4v) is 1.96. The highest BCUT2D eigenvalue weighted by atomic mass is 16.3. The van der Waals surface area contributed by atoms with E-state index < -0.39 is 0 Å². The van der Waals surface area contributed by atoms with Gasteiger partial charge in [0, 0.05) is 0 Å². The summed E-state index contributed by atoms with van der Waals surface area (Å²) < 4.78 is 5.63. The molecule has 0 unspecified atom stereocenters. The summed E-state index contributed by atoms with van der Waals surface area (Å²) in [5.74, 6) is 0.0665. The first-order valence-electron chi connectivity index (χ1n) is 5.31. The molecule has 0 spiro atoms. The van der Waals surface area contributed by atoms with Crippen molar-refractivity contribution in [2.45, 2.75) is 6.92 Å². The molecule has 0 atom stereocenters. The summed E-state index contributed by atoms with van der Waals surface area (Å²) in [5.41, 5.74) is 1.95. The number of hydrogen-bond donors (Lipinski definition) is 1. The van der Waals surface area contributed by atoms with Gasteiger partial charge in [-0.1, -0.05) is 11.6 Å². The Kier molecular flexibility index (Phi) is 1.95. The zero-order chi connectivity index (χ0) is 12.0. The van der Waals surface area contributed by atoms with Crippen molar-refractivity contribution >= 4 is 21.9 Å². The molecule has 3 heteroatoms. The van der Waals surface area contributed by atoms with Crippen molar-refractivity contribution in [3.05, 3.63) is 52.2 Å². The van der Waals surface area contributed by atoms with Gasteiger partial charge >= 0.3 is 0 Å². The van der Waals surface area contributed by atoms with Crippen molar-refractivity contribution in [2.24, 2.45) is 0 Å². The second kappa shape index (κ2) is 3.35. The minimum atomic E-state index is -0.110. The third kappa shape index (κ3) is 1.47. The van der Waals surface area contributed by atoms with Crippen LogP contribution in [0.2, 0.25) is 0 Å². The van der Waals surface area contributed by atoms with Crippen molar-refractivity contribution in [3.8, 4) is 5.75 Å². The molecule has 0 fully saturated rings. The lowest BCUT2D eigenvalue weighted by Gasteiger charge is -2.02. The molecule has 84 valence electrons. The normalized spacial score (nSPS) is 11.1. The van der Waals surface area contributed by atoms with Crippen molar-refractivity contribution in [1.82, 2.24) is 0 Å². The highest BCUT2D eigenvalue weighted by Gasteiger charge is 2.08. The van der Waals surface area contributed by atoms with Gasteiger partial charge in [-0.15, -0.1) is 0 Å². The van der Waals surface area contributed by atoms with Crippen molar-refractivity contribution in [2.75, 3.05) is 0 Å². The van der Waals surface area contributed by atoms with Crippen LogP contribution in [0.3, 0.4) is 0 Å². The van der Waals surface area contributed by atoms with Crippen molar-refractivity contribution in [3.63, 3.8) is 0 Å². The van der Waals surface area contributed by atoms with Crippen molar-refractivity contribution in [1.29, 1.82) is 0 Å². The fraction of sp³-hybridized carbons (Fsp3) is 0.0714. The van der Waals surface area contributed by atoms with Crippen LogP contribution in [0.15, 0.2) is 45.6 Å². The topological polar surface area (TPSA) is 50.4 Å². The summed E-state index contributed by atoms with van der Waals surface area (Å²) in [7, 11) is 0. The van der Waals surface area contributed by atoms with E-state index in [1.54, 1.807) is 18.2 Å². The molecule has 2 aromatic carbocycles. The SMILES string of the molecule is Cc1ccc2oc3ccc(O)cc3c(=O)c2c1. The predicted octanol–water partition coefficient (Wildman–Crippen LogP) is 2.96. The number of phenols is 1. The van der Waals surface area contributed by atoms with E-state index in [0.29, 0.717) is 21.9 Å². The first kappa shape index (κ1) is 9.90. The van der Waals surface area contributed by atoms with Crippen LogP contribution in [-0.2, 0) is 0 Å². The van der Waals surface area contributed by atoms with Gasteiger partial charge in [-0.2, -0.15) is 0 Å². The Labute approximate surface area is 96.9 Å². The molecule has 3 rings (SSSR count). The van der Waals surface area contributed by atoms with Gasteiger partial charge in [0.25, 0.3) is 0 Å². The minimum Gasteiger partial charge on any atom is -0.508 e. The number of aryl methyl sites for hydroxylation is 1. The quantitative estimate of drug-likeness (QED) is 0.599. The molecule has 0 bridgehead atoms. The Balaban J connectivity index is 2.58. The molecule has 0 aliphatic rings. The van der Waals surface area contributed by atoms with Gasteiger partial charge in [0.2, 0.25) is 5.43 Å². The molecule has 1 aromatic heterocycles. The summed E-state index contributed by atoms with van der Waals surface area (Å²) >= 11 is 0. The number of rotatable bonds is 0. The molecule has 1 N–H and O–H groups in total. The van der Waals surface area contributed by atoms with E-state index in [-0.39, 0.29) is 11.2 Å². The first-order chi connectivity index (χ1) is 8.15. The lowest BCUT2D eigenvalue weighted by Crippen LogP contribution is -2.01.